The quantitative estimate of drug-likeness (QED) is 0.855. The summed E-state index contributed by atoms with van der Waals surface area (Å²) in [7, 11) is 1.79. The maximum Gasteiger partial charge on any atom is 0.0762 e. The van der Waals surface area contributed by atoms with E-state index in [1.54, 1.807) is 7.11 Å². The first kappa shape index (κ1) is 14.3. The summed E-state index contributed by atoms with van der Waals surface area (Å²) in [5, 5.41) is 3.46. The SMILES string of the molecule is CCCNC(C)c1ccc(N2CCC(OC)C2)cn1. The second kappa shape index (κ2) is 6.87. The van der Waals surface area contributed by atoms with Gasteiger partial charge < -0.3 is 15.0 Å². The second-order valence-corrected chi connectivity index (χ2v) is 5.21. The van der Waals surface area contributed by atoms with Crippen LogP contribution in [0.3, 0.4) is 0 Å². The molecule has 2 atom stereocenters. The molecule has 1 saturated heterocycles. The van der Waals surface area contributed by atoms with E-state index < -0.39 is 0 Å². The van der Waals surface area contributed by atoms with Crippen LogP contribution in [0.15, 0.2) is 18.3 Å². The van der Waals surface area contributed by atoms with E-state index in [1.807, 2.05) is 6.20 Å². The minimum atomic E-state index is 0.319. The molecular weight excluding hydrogens is 238 g/mol. The molecule has 19 heavy (non-hydrogen) atoms. The first-order chi connectivity index (χ1) is 9.24. The number of nitrogens with zero attached hydrogens (tertiary/aromatic N) is 2. The molecule has 1 aliphatic heterocycles. The molecule has 106 valence electrons. The molecule has 1 aliphatic rings. The topological polar surface area (TPSA) is 37.4 Å². The summed E-state index contributed by atoms with van der Waals surface area (Å²) in [6.07, 6.45) is 4.60. The van der Waals surface area contributed by atoms with Gasteiger partial charge >= 0.3 is 0 Å². The van der Waals surface area contributed by atoms with E-state index in [2.05, 4.69) is 41.2 Å². The van der Waals surface area contributed by atoms with Crippen molar-refractivity contribution in [3.63, 3.8) is 0 Å². The molecule has 1 aromatic heterocycles. The molecule has 0 saturated carbocycles. The second-order valence-electron chi connectivity index (χ2n) is 5.21. The van der Waals surface area contributed by atoms with Gasteiger partial charge in [-0.05, 0) is 38.4 Å². The zero-order valence-corrected chi connectivity index (χ0v) is 12.2. The first-order valence-corrected chi connectivity index (χ1v) is 7.21. The smallest absolute Gasteiger partial charge is 0.0762 e. The number of pyridine rings is 1. The molecule has 1 aromatic rings. The number of methoxy groups -OCH3 is 1. The van der Waals surface area contributed by atoms with Crippen LogP contribution in [0.4, 0.5) is 5.69 Å². The summed E-state index contributed by atoms with van der Waals surface area (Å²) in [5.41, 5.74) is 2.31. The Bertz CT molecular complexity index is 379. The Labute approximate surface area is 116 Å². The Morgan fingerprint density at radius 3 is 2.95 bits per heavy atom. The maximum absolute atomic E-state index is 5.40. The van der Waals surface area contributed by atoms with Crippen LogP contribution < -0.4 is 10.2 Å². The standard InChI is InChI=1S/C15H25N3O/c1-4-8-16-12(2)15-6-5-13(10-17-15)18-9-7-14(11-18)19-3/h5-6,10,12,14,16H,4,7-9,11H2,1-3H3. The van der Waals surface area contributed by atoms with Crippen LogP contribution in [0, 0.1) is 0 Å². The lowest BCUT2D eigenvalue weighted by atomic mass is 10.2. The summed E-state index contributed by atoms with van der Waals surface area (Å²) < 4.78 is 5.40. The average molecular weight is 263 g/mol. The van der Waals surface area contributed by atoms with Crippen molar-refractivity contribution in [2.75, 3.05) is 31.6 Å². The predicted octanol–water partition coefficient (Wildman–Crippen LogP) is 2.37. The van der Waals surface area contributed by atoms with Crippen molar-refractivity contribution in [1.82, 2.24) is 10.3 Å². The lowest BCUT2D eigenvalue weighted by molar-refractivity contribution is 0.121. The summed E-state index contributed by atoms with van der Waals surface area (Å²) >= 11 is 0. The van der Waals surface area contributed by atoms with Crippen molar-refractivity contribution < 1.29 is 4.74 Å². The maximum atomic E-state index is 5.40. The van der Waals surface area contributed by atoms with Gasteiger partial charge in [0.1, 0.15) is 0 Å². The van der Waals surface area contributed by atoms with Crippen LogP contribution in [-0.4, -0.2) is 37.8 Å². The molecule has 2 unspecified atom stereocenters. The number of nitrogens with one attached hydrogen (secondary N) is 1. The number of anilines is 1. The van der Waals surface area contributed by atoms with Crippen LogP contribution in [-0.2, 0) is 4.74 Å². The van der Waals surface area contributed by atoms with Crippen LogP contribution in [0.5, 0.6) is 0 Å². The van der Waals surface area contributed by atoms with Crippen molar-refractivity contribution in [3.8, 4) is 0 Å². The molecule has 0 aliphatic carbocycles. The third-order valence-electron chi connectivity index (χ3n) is 3.76. The number of hydrogen-bond donors (Lipinski definition) is 1. The van der Waals surface area contributed by atoms with Crippen LogP contribution in [0.2, 0.25) is 0 Å². The van der Waals surface area contributed by atoms with E-state index in [0.717, 1.165) is 38.2 Å². The van der Waals surface area contributed by atoms with E-state index in [9.17, 15) is 0 Å². The van der Waals surface area contributed by atoms with Gasteiger partial charge in [-0.1, -0.05) is 6.92 Å². The molecule has 4 nitrogen and oxygen atoms in total. The Hall–Kier alpha value is -1.13. The van der Waals surface area contributed by atoms with E-state index in [4.69, 9.17) is 4.74 Å². The third kappa shape index (κ3) is 3.67. The fourth-order valence-corrected chi connectivity index (χ4v) is 2.46. The van der Waals surface area contributed by atoms with Crippen molar-refractivity contribution in [3.05, 3.63) is 24.0 Å². The molecule has 4 heteroatoms. The molecule has 0 bridgehead atoms. The van der Waals surface area contributed by atoms with E-state index in [1.165, 1.54) is 5.69 Å². The summed E-state index contributed by atoms with van der Waals surface area (Å²) in [5.74, 6) is 0. The van der Waals surface area contributed by atoms with Crippen molar-refractivity contribution in [2.45, 2.75) is 38.8 Å². The molecule has 1 N–H and O–H groups in total. The Kier molecular flexibility index (Phi) is 5.16. The summed E-state index contributed by atoms with van der Waals surface area (Å²) in [6, 6.07) is 4.62. The highest BCUT2D eigenvalue weighted by Gasteiger charge is 2.22. The lowest BCUT2D eigenvalue weighted by Crippen LogP contribution is -2.23. The van der Waals surface area contributed by atoms with Gasteiger partial charge in [0.05, 0.1) is 23.7 Å². The third-order valence-corrected chi connectivity index (χ3v) is 3.76. The lowest BCUT2D eigenvalue weighted by Gasteiger charge is -2.19. The van der Waals surface area contributed by atoms with Gasteiger partial charge in [0.15, 0.2) is 0 Å². The normalized spacial score (nSPS) is 20.8. The highest BCUT2D eigenvalue weighted by molar-refractivity contribution is 5.46. The molecule has 0 amide bonds. The highest BCUT2D eigenvalue weighted by Crippen LogP contribution is 2.22. The van der Waals surface area contributed by atoms with Crippen LogP contribution in [0.1, 0.15) is 38.4 Å². The van der Waals surface area contributed by atoms with Gasteiger partial charge in [0.2, 0.25) is 0 Å². The van der Waals surface area contributed by atoms with Crippen molar-refractivity contribution >= 4 is 5.69 Å². The minimum Gasteiger partial charge on any atom is -0.380 e. The van der Waals surface area contributed by atoms with Gasteiger partial charge in [-0.25, -0.2) is 0 Å². The van der Waals surface area contributed by atoms with Gasteiger partial charge in [-0.2, -0.15) is 0 Å². The van der Waals surface area contributed by atoms with Crippen LogP contribution in [0.25, 0.3) is 0 Å². The average Bonchev–Trinajstić information content (AvgIpc) is 2.94. The molecule has 1 fully saturated rings. The number of ether oxygens (including phenoxy) is 1. The van der Waals surface area contributed by atoms with E-state index in [-0.39, 0.29) is 0 Å². The van der Waals surface area contributed by atoms with E-state index in [0.29, 0.717) is 12.1 Å². The van der Waals surface area contributed by atoms with Gasteiger partial charge in [-0.15, -0.1) is 0 Å². The number of hydrogen-bond acceptors (Lipinski definition) is 4. The molecule has 0 spiro atoms. The molecule has 0 radical (unpaired) electrons. The van der Waals surface area contributed by atoms with Gasteiger partial charge in [0.25, 0.3) is 0 Å². The van der Waals surface area contributed by atoms with Crippen molar-refractivity contribution in [2.24, 2.45) is 0 Å². The summed E-state index contributed by atoms with van der Waals surface area (Å²) in [4.78, 5) is 6.92. The fourth-order valence-electron chi connectivity index (χ4n) is 2.46. The zero-order chi connectivity index (χ0) is 13.7. The minimum absolute atomic E-state index is 0.319. The molecule has 0 aromatic carbocycles. The van der Waals surface area contributed by atoms with Gasteiger partial charge in [0, 0.05) is 26.2 Å². The number of rotatable bonds is 6. The molecule has 2 rings (SSSR count). The summed E-state index contributed by atoms with van der Waals surface area (Å²) in [6.45, 7) is 7.40. The Morgan fingerprint density at radius 2 is 2.37 bits per heavy atom. The van der Waals surface area contributed by atoms with Gasteiger partial charge in [-0.3, -0.25) is 4.98 Å². The Balaban J connectivity index is 1.95. The molecule has 2 heterocycles. The zero-order valence-electron chi connectivity index (χ0n) is 12.2. The van der Waals surface area contributed by atoms with Crippen molar-refractivity contribution in [1.29, 1.82) is 0 Å². The Morgan fingerprint density at radius 1 is 1.53 bits per heavy atom. The number of aromatic nitrogens is 1. The van der Waals surface area contributed by atoms with Crippen LogP contribution >= 0.6 is 0 Å². The first-order valence-electron chi connectivity index (χ1n) is 7.21. The molecular formula is C15H25N3O. The predicted molar refractivity (Wildman–Crippen MR) is 78.6 cm³/mol. The fraction of sp³-hybridized carbons (Fsp3) is 0.667. The monoisotopic (exact) mass is 263 g/mol. The largest absolute Gasteiger partial charge is 0.380 e. The highest BCUT2D eigenvalue weighted by atomic mass is 16.5. The van der Waals surface area contributed by atoms with E-state index >= 15 is 0 Å².